The number of carbonyl (C=O) groups excluding carboxylic acids is 1. The molecule has 11 heteroatoms. The number of halogens is 1. The molecule has 4 N–H and O–H groups in total. The number of alkyl carbamates (subject to hydrolysis) is 1. The van der Waals surface area contributed by atoms with E-state index in [1.165, 1.54) is 20.3 Å². The first-order chi connectivity index (χ1) is 14.4. The highest BCUT2D eigenvalue weighted by molar-refractivity contribution is 5.99. The van der Waals surface area contributed by atoms with Crippen LogP contribution in [0.3, 0.4) is 0 Å². The van der Waals surface area contributed by atoms with E-state index in [9.17, 15) is 9.18 Å². The zero-order valence-corrected chi connectivity index (χ0v) is 16.4. The van der Waals surface area contributed by atoms with Crippen LogP contribution in [0.1, 0.15) is 5.56 Å². The van der Waals surface area contributed by atoms with Crippen molar-refractivity contribution in [3.8, 4) is 16.9 Å². The van der Waals surface area contributed by atoms with Crippen molar-refractivity contribution in [3.05, 3.63) is 41.8 Å². The number of hydrogen-bond donors (Lipinski definition) is 3. The summed E-state index contributed by atoms with van der Waals surface area (Å²) in [7, 11) is 3.01. The predicted molar refractivity (Wildman–Crippen MR) is 108 cm³/mol. The third kappa shape index (κ3) is 4.57. The van der Waals surface area contributed by atoms with E-state index in [4.69, 9.17) is 25.5 Å². The van der Waals surface area contributed by atoms with Crippen molar-refractivity contribution in [1.82, 2.24) is 10.3 Å². The standard InChI is InChI=1S/C19H21FN6O4/c1-28-15-6-12(7-23-17(15)26-8-13(9-26)25-29-2)14-5-3-4-11(16(14)20)10-30-19(27)24-18(21)22/h3-7H,8-10H2,1-2H3,(H4,21,22,24,27). The van der Waals surface area contributed by atoms with Gasteiger partial charge in [0.25, 0.3) is 0 Å². The lowest BCUT2D eigenvalue weighted by atomic mass is 10.0. The predicted octanol–water partition coefficient (Wildman–Crippen LogP) is 1.84. The summed E-state index contributed by atoms with van der Waals surface area (Å²) < 4.78 is 25.3. The number of hydrogen-bond acceptors (Lipinski definition) is 8. The maximum atomic E-state index is 15.0. The summed E-state index contributed by atoms with van der Waals surface area (Å²) in [6.45, 7) is 0.816. The summed E-state index contributed by atoms with van der Waals surface area (Å²) in [6.07, 6.45) is 0.611. The highest BCUT2D eigenvalue weighted by atomic mass is 19.1. The topological polar surface area (TPSA) is 135 Å². The molecular weight excluding hydrogens is 395 g/mol. The molecule has 10 nitrogen and oxygen atoms in total. The van der Waals surface area contributed by atoms with Crippen molar-refractivity contribution in [2.24, 2.45) is 10.9 Å². The number of nitrogens with zero attached hydrogens (tertiary/aromatic N) is 3. The van der Waals surface area contributed by atoms with Gasteiger partial charge in [-0.3, -0.25) is 10.7 Å². The number of amides is 1. The number of nitrogens with one attached hydrogen (secondary N) is 2. The van der Waals surface area contributed by atoms with Gasteiger partial charge in [0.15, 0.2) is 17.5 Å². The first-order valence-corrected chi connectivity index (χ1v) is 8.86. The van der Waals surface area contributed by atoms with E-state index in [1.807, 2.05) is 10.2 Å². The van der Waals surface area contributed by atoms with E-state index in [2.05, 4.69) is 10.1 Å². The minimum atomic E-state index is -0.939. The van der Waals surface area contributed by atoms with Crippen LogP contribution >= 0.6 is 0 Å². The lowest BCUT2D eigenvalue weighted by Crippen LogP contribution is -2.48. The average Bonchev–Trinajstić information content (AvgIpc) is 2.69. The van der Waals surface area contributed by atoms with Crippen LogP contribution in [-0.2, 0) is 16.2 Å². The van der Waals surface area contributed by atoms with E-state index in [1.54, 1.807) is 24.4 Å². The summed E-state index contributed by atoms with van der Waals surface area (Å²) in [5.41, 5.74) is 6.90. The number of nitrogens with two attached hydrogens (primary N) is 1. The molecule has 1 aromatic heterocycles. The Hall–Kier alpha value is -3.89. The number of ether oxygens (including phenoxy) is 2. The fraction of sp³-hybridized carbons (Fsp3) is 0.263. The number of methoxy groups -OCH3 is 1. The molecular formula is C19H21FN6O4. The normalized spacial score (nSPS) is 12.6. The Bertz CT molecular complexity index is 989. The molecule has 1 saturated heterocycles. The molecule has 0 unspecified atom stereocenters. The van der Waals surface area contributed by atoms with Crippen molar-refractivity contribution in [3.63, 3.8) is 0 Å². The van der Waals surface area contributed by atoms with Crippen molar-refractivity contribution < 1.29 is 23.5 Å². The zero-order chi connectivity index (χ0) is 21.7. The monoisotopic (exact) mass is 416 g/mol. The third-order valence-electron chi connectivity index (χ3n) is 4.30. The molecule has 3 rings (SSSR count). The molecule has 1 aromatic carbocycles. The van der Waals surface area contributed by atoms with Gasteiger partial charge in [0.1, 0.15) is 19.5 Å². The number of oxime groups is 1. The molecule has 0 bridgehead atoms. The summed E-state index contributed by atoms with van der Waals surface area (Å²) in [5.74, 6) is 0.00134. The van der Waals surface area contributed by atoms with Gasteiger partial charge in [0.05, 0.1) is 25.9 Å². The van der Waals surface area contributed by atoms with Crippen LogP contribution in [-0.4, -0.2) is 50.1 Å². The second-order valence-electron chi connectivity index (χ2n) is 6.34. The maximum Gasteiger partial charge on any atom is 0.414 e. The highest BCUT2D eigenvalue weighted by Gasteiger charge is 2.27. The number of pyridine rings is 1. The molecule has 1 amide bonds. The Balaban J connectivity index is 1.79. The first kappa shape index (κ1) is 20.8. The van der Waals surface area contributed by atoms with Gasteiger partial charge < -0.3 is 24.9 Å². The van der Waals surface area contributed by atoms with E-state index in [-0.39, 0.29) is 17.7 Å². The number of aromatic nitrogens is 1. The molecule has 1 aliphatic heterocycles. The van der Waals surface area contributed by atoms with Crippen LogP contribution in [0.25, 0.3) is 11.1 Å². The van der Waals surface area contributed by atoms with Crippen molar-refractivity contribution in [2.45, 2.75) is 6.61 Å². The second-order valence-corrected chi connectivity index (χ2v) is 6.34. The van der Waals surface area contributed by atoms with Crippen LogP contribution in [0, 0.1) is 11.2 Å². The summed E-state index contributed by atoms with van der Waals surface area (Å²) in [6, 6.07) is 6.43. The van der Waals surface area contributed by atoms with E-state index < -0.39 is 17.9 Å². The second kappa shape index (κ2) is 9.07. The lowest BCUT2D eigenvalue weighted by Gasteiger charge is -2.33. The van der Waals surface area contributed by atoms with Gasteiger partial charge in [-0.25, -0.2) is 14.2 Å². The van der Waals surface area contributed by atoms with Crippen LogP contribution in [0.15, 0.2) is 35.6 Å². The maximum absolute atomic E-state index is 15.0. The number of benzene rings is 1. The Labute approximate surface area is 171 Å². The van der Waals surface area contributed by atoms with Gasteiger partial charge >= 0.3 is 6.09 Å². The Morgan fingerprint density at radius 1 is 1.40 bits per heavy atom. The largest absolute Gasteiger partial charge is 0.493 e. The fourth-order valence-electron chi connectivity index (χ4n) is 2.91. The van der Waals surface area contributed by atoms with Crippen LogP contribution in [0.4, 0.5) is 15.0 Å². The molecule has 30 heavy (non-hydrogen) atoms. The van der Waals surface area contributed by atoms with Crippen molar-refractivity contribution in [2.75, 3.05) is 32.2 Å². The molecule has 0 aliphatic carbocycles. The number of guanidine groups is 1. The molecule has 0 spiro atoms. The lowest BCUT2D eigenvalue weighted by molar-refractivity contribution is 0.143. The summed E-state index contributed by atoms with van der Waals surface area (Å²) in [4.78, 5) is 22.6. The van der Waals surface area contributed by atoms with Gasteiger partial charge in [-0.1, -0.05) is 23.4 Å². The molecule has 0 saturated carbocycles. The SMILES string of the molecule is CON=C1CN(c2ncc(-c3cccc(COC(=O)NC(=N)N)c3F)cc2OC)C1. The molecule has 2 aromatic rings. The highest BCUT2D eigenvalue weighted by Crippen LogP contribution is 2.34. The summed E-state index contributed by atoms with van der Waals surface area (Å²) in [5, 5.41) is 12.8. The van der Waals surface area contributed by atoms with Gasteiger partial charge in [0, 0.05) is 22.9 Å². The molecule has 0 radical (unpaired) electrons. The Morgan fingerprint density at radius 3 is 2.83 bits per heavy atom. The molecule has 2 heterocycles. The Morgan fingerprint density at radius 2 is 2.17 bits per heavy atom. The van der Waals surface area contributed by atoms with Gasteiger partial charge in [-0.15, -0.1) is 0 Å². The number of carbonyl (C=O) groups is 1. The molecule has 1 aliphatic rings. The van der Waals surface area contributed by atoms with Crippen LogP contribution < -0.4 is 20.7 Å². The van der Waals surface area contributed by atoms with Gasteiger partial charge in [-0.05, 0) is 6.07 Å². The van der Waals surface area contributed by atoms with Crippen molar-refractivity contribution >= 4 is 23.6 Å². The van der Waals surface area contributed by atoms with Crippen molar-refractivity contribution in [1.29, 1.82) is 5.41 Å². The van der Waals surface area contributed by atoms with E-state index in [0.29, 0.717) is 30.2 Å². The van der Waals surface area contributed by atoms with E-state index in [0.717, 1.165) is 5.71 Å². The molecule has 1 fully saturated rings. The third-order valence-corrected chi connectivity index (χ3v) is 4.30. The minimum absolute atomic E-state index is 0.164. The Kier molecular flexibility index (Phi) is 6.30. The average molecular weight is 416 g/mol. The fourth-order valence-corrected chi connectivity index (χ4v) is 2.91. The smallest absolute Gasteiger partial charge is 0.414 e. The summed E-state index contributed by atoms with van der Waals surface area (Å²) >= 11 is 0. The van der Waals surface area contributed by atoms with Crippen LogP contribution in [0.5, 0.6) is 5.75 Å². The van der Waals surface area contributed by atoms with Gasteiger partial charge in [0.2, 0.25) is 0 Å². The molecule has 158 valence electrons. The van der Waals surface area contributed by atoms with Crippen LogP contribution in [0.2, 0.25) is 0 Å². The minimum Gasteiger partial charge on any atom is -0.493 e. The van der Waals surface area contributed by atoms with Gasteiger partial charge in [-0.2, -0.15) is 0 Å². The van der Waals surface area contributed by atoms with E-state index >= 15 is 0 Å². The molecule has 0 atom stereocenters. The zero-order valence-electron chi connectivity index (χ0n) is 16.4. The number of rotatable bonds is 6. The first-order valence-electron chi connectivity index (χ1n) is 8.86. The number of anilines is 1. The quantitative estimate of drug-likeness (QED) is 0.371.